The smallest absolute Gasteiger partial charge is 0.301 e. The fourth-order valence-corrected chi connectivity index (χ4v) is 4.97. The number of amides is 1. The summed E-state index contributed by atoms with van der Waals surface area (Å²) in [5.41, 5.74) is 1.11. The Morgan fingerprint density at radius 3 is 2.59 bits per heavy atom. The number of anilines is 1. The van der Waals surface area contributed by atoms with E-state index in [2.05, 4.69) is 4.98 Å². The maximum absolute atomic E-state index is 13.7. The fourth-order valence-electron chi connectivity index (χ4n) is 3.95. The van der Waals surface area contributed by atoms with Gasteiger partial charge in [-0.2, -0.15) is 0 Å². The van der Waals surface area contributed by atoms with Crippen molar-refractivity contribution in [2.45, 2.75) is 6.04 Å². The van der Waals surface area contributed by atoms with Gasteiger partial charge in [-0.25, -0.2) is 9.37 Å². The van der Waals surface area contributed by atoms with Gasteiger partial charge in [-0.3, -0.25) is 14.5 Å². The first-order valence-electron chi connectivity index (χ1n) is 10.2. The second kappa shape index (κ2) is 8.27. The number of aromatic hydroxyl groups is 1. The standard InChI is InChI=1S/C25H17FN2O5S/c1-33-18-11-14(7-10-17(18)29)21-20(22(30)13-5-3-2-4-6-13)23(31)24(32)28(21)25-27-16-9-8-15(26)12-19(16)34-25/h2-12,21,29-30H,1H3. The number of hydrogen-bond acceptors (Lipinski definition) is 7. The molecule has 2 heterocycles. The number of carbonyl (C=O) groups is 2. The summed E-state index contributed by atoms with van der Waals surface area (Å²) < 4.78 is 19.5. The quantitative estimate of drug-likeness (QED) is 0.250. The van der Waals surface area contributed by atoms with E-state index in [-0.39, 0.29) is 28.0 Å². The van der Waals surface area contributed by atoms with Crippen LogP contribution in [0.4, 0.5) is 9.52 Å². The van der Waals surface area contributed by atoms with Crippen LogP contribution >= 0.6 is 11.3 Å². The van der Waals surface area contributed by atoms with Crippen molar-refractivity contribution in [1.82, 2.24) is 4.98 Å². The van der Waals surface area contributed by atoms with Gasteiger partial charge in [0, 0.05) is 5.56 Å². The lowest BCUT2D eigenvalue weighted by molar-refractivity contribution is -0.132. The van der Waals surface area contributed by atoms with Crippen molar-refractivity contribution in [3.8, 4) is 11.5 Å². The van der Waals surface area contributed by atoms with Gasteiger partial charge in [0.1, 0.15) is 11.6 Å². The van der Waals surface area contributed by atoms with Crippen LogP contribution in [0.25, 0.3) is 16.0 Å². The average Bonchev–Trinajstić information content (AvgIpc) is 3.37. The molecule has 170 valence electrons. The molecule has 0 aliphatic carbocycles. The van der Waals surface area contributed by atoms with Crippen LogP contribution in [-0.2, 0) is 9.59 Å². The summed E-state index contributed by atoms with van der Waals surface area (Å²) in [5.74, 6) is -2.55. The lowest BCUT2D eigenvalue weighted by Crippen LogP contribution is -2.29. The molecule has 1 aromatic heterocycles. The van der Waals surface area contributed by atoms with Crippen LogP contribution < -0.4 is 9.64 Å². The third-order valence-electron chi connectivity index (χ3n) is 5.56. The highest BCUT2D eigenvalue weighted by molar-refractivity contribution is 7.22. The fraction of sp³-hybridized carbons (Fsp3) is 0.0800. The SMILES string of the molecule is COc1cc(C2C(=C(O)c3ccccc3)C(=O)C(=O)N2c2nc3ccc(F)cc3s2)ccc1O. The molecular formula is C25H17FN2O5S. The van der Waals surface area contributed by atoms with E-state index < -0.39 is 23.5 Å². The van der Waals surface area contributed by atoms with Gasteiger partial charge in [0.05, 0.1) is 28.9 Å². The van der Waals surface area contributed by atoms with Gasteiger partial charge in [-0.1, -0.05) is 47.7 Å². The van der Waals surface area contributed by atoms with E-state index in [9.17, 15) is 24.2 Å². The lowest BCUT2D eigenvalue weighted by atomic mass is 9.95. The normalized spacial score (nSPS) is 17.5. The number of ether oxygens (including phenoxy) is 1. The summed E-state index contributed by atoms with van der Waals surface area (Å²) in [6.07, 6.45) is 0. The van der Waals surface area contributed by atoms with E-state index in [1.165, 1.54) is 48.4 Å². The van der Waals surface area contributed by atoms with Crippen LogP contribution in [0.2, 0.25) is 0 Å². The molecule has 9 heteroatoms. The number of ketones is 1. The molecule has 4 aromatic rings. The van der Waals surface area contributed by atoms with Gasteiger partial charge in [0.25, 0.3) is 5.78 Å². The first kappa shape index (κ1) is 21.6. The molecule has 34 heavy (non-hydrogen) atoms. The van der Waals surface area contributed by atoms with E-state index >= 15 is 0 Å². The number of phenols is 1. The highest BCUT2D eigenvalue weighted by Gasteiger charge is 2.48. The Bertz CT molecular complexity index is 1480. The van der Waals surface area contributed by atoms with E-state index in [1.54, 1.807) is 30.3 Å². The first-order chi connectivity index (χ1) is 16.4. The monoisotopic (exact) mass is 476 g/mol. The Morgan fingerprint density at radius 1 is 1.09 bits per heavy atom. The van der Waals surface area contributed by atoms with Gasteiger partial charge >= 0.3 is 5.91 Å². The lowest BCUT2D eigenvalue weighted by Gasteiger charge is -2.23. The van der Waals surface area contributed by atoms with Gasteiger partial charge in [-0.15, -0.1) is 0 Å². The summed E-state index contributed by atoms with van der Waals surface area (Å²) in [6.45, 7) is 0. The molecule has 5 rings (SSSR count). The molecule has 3 aromatic carbocycles. The Balaban J connectivity index is 1.75. The number of aliphatic hydroxyl groups is 1. The number of Topliss-reactive ketones (excluding diaryl/α,β-unsaturated/α-hetero) is 1. The number of hydrogen-bond donors (Lipinski definition) is 2. The molecule has 1 atom stereocenters. The van der Waals surface area contributed by atoms with Crippen molar-refractivity contribution >= 4 is 44.1 Å². The number of methoxy groups -OCH3 is 1. The van der Waals surface area contributed by atoms with E-state index in [0.29, 0.717) is 21.3 Å². The summed E-state index contributed by atoms with van der Waals surface area (Å²) in [4.78, 5) is 32.1. The molecule has 0 saturated carbocycles. The van der Waals surface area contributed by atoms with E-state index in [4.69, 9.17) is 4.74 Å². The number of thiazole rings is 1. The summed E-state index contributed by atoms with van der Waals surface area (Å²) >= 11 is 1.05. The third kappa shape index (κ3) is 3.46. The number of nitrogens with zero attached hydrogens (tertiary/aromatic N) is 2. The predicted molar refractivity (Wildman–Crippen MR) is 125 cm³/mol. The van der Waals surface area contributed by atoms with Crippen molar-refractivity contribution in [2.24, 2.45) is 0 Å². The van der Waals surface area contributed by atoms with Crippen molar-refractivity contribution in [1.29, 1.82) is 0 Å². The molecule has 1 aliphatic rings. The zero-order chi connectivity index (χ0) is 24.0. The largest absolute Gasteiger partial charge is 0.507 e. The zero-order valence-corrected chi connectivity index (χ0v) is 18.5. The number of rotatable bonds is 4. The van der Waals surface area contributed by atoms with Crippen molar-refractivity contribution in [3.63, 3.8) is 0 Å². The van der Waals surface area contributed by atoms with Crippen molar-refractivity contribution in [2.75, 3.05) is 12.0 Å². The molecule has 1 fully saturated rings. The highest BCUT2D eigenvalue weighted by Crippen LogP contribution is 2.45. The maximum Gasteiger partial charge on any atom is 0.301 e. The van der Waals surface area contributed by atoms with Crippen LogP contribution in [0.3, 0.4) is 0 Å². The Kier molecular flexibility index (Phi) is 5.25. The number of halogens is 1. The number of benzene rings is 3. The summed E-state index contributed by atoms with van der Waals surface area (Å²) in [6, 6.07) is 15.8. The topological polar surface area (TPSA) is 100.0 Å². The minimum Gasteiger partial charge on any atom is -0.507 e. The van der Waals surface area contributed by atoms with Gasteiger partial charge in [0.15, 0.2) is 16.6 Å². The number of aliphatic hydroxyl groups excluding tert-OH is 1. The van der Waals surface area contributed by atoms with Crippen LogP contribution in [0.15, 0.2) is 72.3 Å². The minimum absolute atomic E-state index is 0.123. The van der Waals surface area contributed by atoms with Gasteiger partial charge in [0.2, 0.25) is 0 Å². The van der Waals surface area contributed by atoms with Gasteiger partial charge < -0.3 is 14.9 Å². The van der Waals surface area contributed by atoms with Crippen molar-refractivity contribution in [3.05, 3.63) is 89.2 Å². The molecule has 1 saturated heterocycles. The molecule has 7 nitrogen and oxygen atoms in total. The number of carbonyl (C=O) groups excluding carboxylic acids is 2. The first-order valence-corrected chi connectivity index (χ1v) is 11.0. The number of aromatic nitrogens is 1. The average molecular weight is 476 g/mol. The summed E-state index contributed by atoms with van der Waals surface area (Å²) in [5, 5.41) is 21.3. The van der Waals surface area contributed by atoms with Crippen LogP contribution in [0.1, 0.15) is 17.2 Å². The molecule has 0 spiro atoms. The van der Waals surface area contributed by atoms with E-state index in [1.807, 2.05) is 0 Å². The number of phenolic OH excluding ortho intramolecular Hbond substituents is 1. The van der Waals surface area contributed by atoms with Crippen LogP contribution in [-0.4, -0.2) is 34.0 Å². The summed E-state index contributed by atoms with van der Waals surface area (Å²) in [7, 11) is 1.38. The van der Waals surface area contributed by atoms with E-state index in [0.717, 1.165) is 11.3 Å². The molecule has 0 radical (unpaired) electrons. The Labute approximate surface area is 197 Å². The number of fused-ring (bicyclic) bond motifs is 1. The van der Waals surface area contributed by atoms with Crippen LogP contribution in [0, 0.1) is 5.82 Å². The van der Waals surface area contributed by atoms with Crippen molar-refractivity contribution < 1.29 is 28.9 Å². The second-order valence-electron chi connectivity index (χ2n) is 7.57. The molecule has 1 unspecified atom stereocenters. The Hall–Kier alpha value is -4.24. The van der Waals surface area contributed by atoms with Gasteiger partial charge in [-0.05, 0) is 35.9 Å². The molecule has 2 N–H and O–H groups in total. The molecular weight excluding hydrogens is 459 g/mol. The Morgan fingerprint density at radius 2 is 1.85 bits per heavy atom. The minimum atomic E-state index is -1.06. The highest BCUT2D eigenvalue weighted by atomic mass is 32.1. The maximum atomic E-state index is 13.7. The third-order valence-corrected chi connectivity index (χ3v) is 6.57. The zero-order valence-electron chi connectivity index (χ0n) is 17.7. The second-order valence-corrected chi connectivity index (χ2v) is 8.58. The molecule has 1 aliphatic heterocycles. The molecule has 0 bridgehead atoms. The van der Waals surface area contributed by atoms with Crippen LogP contribution in [0.5, 0.6) is 11.5 Å². The predicted octanol–water partition coefficient (Wildman–Crippen LogP) is 4.78. The molecule has 1 amide bonds.